The van der Waals surface area contributed by atoms with Gasteiger partial charge in [0.2, 0.25) is 0 Å². The molecule has 4 aliphatic rings. The van der Waals surface area contributed by atoms with E-state index in [1.807, 2.05) is 0 Å². The average molecular weight is 440 g/mol. The number of hydrogen-bond donors (Lipinski definition) is 2. The van der Waals surface area contributed by atoms with E-state index in [-0.39, 0.29) is 30.1 Å². The van der Waals surface area contributed by atoms with Crippen LogP contribution in [0.3, 0.4) is 0 Å². The summed E-state index contributed by atoms with van der Waals surface area (Å²) in [6.07, 6.45) is 3.62. The fourth-order valence-electron chi connectivity index (χ4n) is 5.83. The Morgan fingerprint density at radius 3 is 2.07 bits per heavy atom. The Kier molecular flexibility index (Phi) is 5.54. The van der Waals surface area contributed by atoms with Gasteiger partial charge < -0.3 is 9.47 Å². The number of methoxy groups -OCH3 is 1. The summed E-state index contributed by atoms with van der Waals surface area (Å²) < 4.78 is 73.3. The molecule has 4 saturated carbocycles. The first-order valence-corrected chi connectivity index (χ1v) is 12.1. The second-order valence-electron chi connectivity index (χ2n) is 8.41. The van der Waals surface area contributed by atoms with Gasteiger partial charge in [0.1, 0.15) is 0 Å². The molecule has 4 aliphatic carbocycles. The normalized spacial score (nSPS) is 35.4. The molecular weight excluding hydrogens is 416 g/mol. The number of ether oxygens (including phenoxy) is 2. The van der Waals surface area contributed by atoms with Crippen LogP contribution in [0.4, 0.5) is 0 Å². The molecule has 12 heteroatoms. The summed E-state index contributed by atoms with van der Waals surface area (Å²) in [6, 6.07) is 0. The van der Waals surface area contributed by atoms with Crippen LogP contribution in [0.2, 0.25) is 0 Å². The van der Waals surface area contributed by atoms with Gasteiger partial charge in [0.25, 0.3) is 25.5 Å². The van der Waals surface area contributed by atoms with Crippen molar-refractivity contribution in [2.75, 3.05) is 19.5 Å². The van der Waals surface area contributed by atoms with E-state index < -0.39 is 42.8 Å². The number of rotatable bonds is 7. The summed E-state index contributed by atoms with van der Waals surface area (Å²) in [5, 5.41) is -2.44. The van der Waals surface area contributed by atoms with Crippen molar-refractivity contribution < 1.29 is 45.0 Å². The smallest absolute Gasteiger partial charge is 0.338 e. The maximum absolute atomic E-state index is 12.1. The fourth-order valence-corrected chi connectivity index (χ4v) is 7.61. The van der Waals surface area contributed by atoms with Crippen molar-refractivity contribution in [3.05, 3.63) is 0 Å². The average Bonchev–Trinajstić information content (AvgIpc) is 2.49. The first kappa shape index (κ1) is 21.5. The highest BCUT2D eigenvalue weighted by atomic mass is 32.2. The van der Waals surface area contributed by atoms with Crippen LogP contribution in [-0.2, 0) is 39.3 Å². The zero-order chi connectivity index (χ0) is 20.9. The van der Waals surface area contributed by atoms with Crippen molar-refractivity contribution in [2.24, 2.45) is 29.1 Å². The van der Waals surface area contributed by atoms with Crippen molar-refractivity contribution in [3.8, 4) is 0 Å². The van der Waals surface area contributed by atoms with Gasteiger partial charge in [-0.2, -0.15) is 16.8 Å². The van der Waals surface area contributed by atoms with E-state index in [9.17, 15) is 31.0 Å². The van der Waals surface area contributed by atoms with E-state index in [1.165, 1.54) is 0 Å². The predicted octanol–water partition coefficient (Wildman–Crippen LogP) is 0.289. The molecule has 3 atom stereocenters. The van der Waals surface area contributed by atoms with E-state index in [4.69, 9.17) is 9.29 Å². The molecule has 2 N–H and O–H groups in total. The van der Waals surface area contributed by atoms with Crippen LogP contribution in [0.1, 0.15) is 32.1 Å². The first-order chi connectivity index (χ1) is 12.8. The summed E-state index contributed by atoms with van der Waals surface area (Å²) in [6.45, 7) is -0.119. The molecule has 0 saturated heterocycles. The summed E-state index contributed by atoms with van der Waals surface area (Å²) in [4.78, 5) is 23.6. The Morgan fingerprint density at radius 1 is 1.04 bits per heavy atom. The largest absolute Gasteiger partial charge is 0.468 e. The molecule has 4 rings (SSSR count). The monoisotopic (exact) mass is 440 g/mol. The van der Waals surface area contributed by atoms with Gasteiger partial charge in [-0.15, -0.1) is 0 Å². The third kappa shape index (κ3) is 4.34. The Labute approximate surface area is 163 Å². The second kappa shape index (κ2) is 7.22. The molecule has 3 unspecified atom stereocenters. The van der Waals surface area contributed by atoms with Gasteiger partial charge in [-0.3, -0.25) is 9.11 Å². The van der Waals surface area contributed by atoms with E-state index in [1.54, 1.807) is 0 Å². The van der Waals surface area contributed by atoms with Crippen LogP contribution in [0.5, 0.6) is 0 Å². The number of esters is 2. The maximum Gasteiger partial charge on any atom is 0.338 e. The van der Waals surface area contributed by atoms with Gasteiger partial charge >= 0.3 is 11.9 Å². The zero-order valence-corrected chi connectivity index (χ0v) is 16.9. The summed E-state index contributed by atoms with van der Waals surface area (Å²) >= 11 is 0. The topological polar surface area (TPSA) is 161 Å². The van der Waals surface area contributed by atoms with Crippen molar-refractivity contribution in [1.29, 1.82) is 0 Å². The highest BCUT2D eigenvalue weighted by Gasteiger charge is 2.56. The van der Waals surface area contributed by atoms with Crippen LogP contribution in [0.25, 0.3) is 0 Å². The molecule has 0 heterocycles. The lowest BCUT2D eigenvalue weighted by Crippen LogP contribution is -2.54. The second-order valence-corrected chi connectivity index (χ2v) is 11.4. The quantitative estimate of drug-likeness (QED) is 0.320. The van der Waals surface area contributed by atoms with Gasteiger partial charge in [-0.05, 0) is 61.2 Å². The molecular formula is C16H24O10S2. The van der Waals surface area contributed by atoms with E-state index in [0.29, 0.717) is 18.8 Å². The van der Waals surface area contributed by atoms with Crippen molar-refractivity contribution in [2.45, 2.75) is 37.4 Å². The van der Waals surface area contributed by atoms with E-state index >= 15 is 0 Å². The molecule has 0 aromatic carbocycles. The zero-order valence-electron chi connectivity index (χ0n) is 15.3. The Bertz CT molecular complexity index is 846. The number of carbonyl (C=O) groups is 2. The standard InChI is InChI=1S/C16H24O10S2/c1-25-14(17)13(28(22,23)24)15(18)26-7-12-10-2-9-3-11(12)6-16(4-9,5-10)8-27(19,20)21/h9-13H,2-8H2,1H3,(H,19,20,21)(H,22,23,24). The van der Waals surface area contributed by atoms with Crippen molar-refractivity contribution >= 4 is 32.2 Å². The van der Waals surface area contributed by atoms with Crippen LogP contribution in [-0.4, -0.2) is 62.6 Å². The van der Waals surface area contributed by atoms with Crippen LogP contribution in [0.15, 0.2) is 0 Å². The molecule has 0 aromatic heterocycles. The SMILES string of the molecule is COC(=O)C(C(=O)OCC1C2CC3CC1CC(CS(=O)(=O)O)(C3)C2)S(=O)(=O)O. The molecule has 0 aliphatic heterocycles. The lowest BCUT2D eigenvalue weighted by molar-refractivity contribution is -0.158. The molecule has 4 bridgehead atoms. The van der Waals surface area contributed by atoms with Crippen LogP contribution >= 0.6 is 0 Å². The summed E-state index contributed by atoms with van der Waals surface area (Å²) in [5.74, 6) is -2.66. The van der Waals surface area contributed by atoms with E-state index in [0.717, 1.165) is 26.4 Å². The highest BCUT2D eigenvalue weighted by Crippen LogP contribution is 2.62. The minimum atomic E-state index is -5.02. The third-order valence-electron chi connectivity index (χ3n) is 6.43. The van der Waals surface area contributed by atoms with E-state index in [2.05, 4.69) is 4.74 Å². The van der Waals surface area contributed by atoms with Gasteiger partial charge in [-0.25, -0.2) is 9.59 Å². The van der Waals surface area contributed by atoms with Crippen molar-refractivity contribution in [1.82, 2.24) is 0 Å². The summed E-state index contributed by atoms with van der Waals surface area (Å²) in [5.41, 5.74) is -0.465. The van der Waals surface area contributed by atoms with Crippen LogP contribution < -0.4 is 0 Å². The van der Waals surface area contributed by atoms with Crippen LogP contribution in [0, 0.1) is 29.1 Å². The molecule has 0 radical (unpaired) electrons. The highest BCUT2D eigenvalue weighted by molar-refractivity contribution is 7.88. The molecule has 4 fully saturated rings. The Morgan fingerprint density at radius 2 is 1.61 bits per heavy atom. The first-order valence-electron chi connectivity index (χ1n) is 8.99. The summed E-state index contributed by atoms with van der Waals surface area (Å²) in [7, 11) is -8.23. The Balaban J connectivity index is 1.69. The lowest BCUT2D eigenvalue weighted by Gasteiger charge is -2.59. The number of carbonyl (C=O) groups excluding carboxylic acids is 2. The maximum atomic E-state index is 12.1. The minimum Gasteiger partial charge on any atom is -0.468 e. The molecule has 28 heavy (non-hydrogen) atoms. The van der Waals surface area contributed by atoms with Crippen molar-refractivity contribution in [3.63, 3.8) is 0 Å². The minimum absolute atomic E-state index is 0.0862. The van der Waals surface area contributed by atoms with Gasteiger partial charge in [-0.1, -0.05) is 0 Å². The molecule has 160 valence electrons. The molecule has 0 amide bonds. The Hall–Kier alpha value is -1.24. The lowest BCUT2D eigenvalue weighted by atomic mass is 9.47. The van der Waals surface area contributed by atoms with Gasteiger partial charge in [0.05, 0.1) is 19.5 Å². The molecule has 0 spiro atoms. The van der Waals surface area contributed by atoms with Gasteiger partial charge in [0.15, 0.2) is 0 Å². The van der Waals surface area contributed by atoms with Gasteiger partial charge in [0, 0.05) is 0 Å². The predicted molar refractivity (Wildman–Crippen MR) is 94.2 cm³/mol. The third-order valence-corrected chi connectivity index (χ3v) is 8.39. The fraction of sp³-hybridized carbons (Fsp3) is 0.875. The molecule has 10 nitrogen and oxygen atoms in total. The molecule has 0 aromatic rings. The number of hydrogen-bond acceptors (Lipinski definition) is 8.